The minimum absolute atomic E-state index is 0.0506. The first-order chi connectivity index (χ1) is 15.0. The third-order valence-corrected chi connectivity index (χ3v) is 5.07. The second kappa shape index (κ2) is 11.6. The molecular formula is C23H27ClN2O5. The summed E-state index contributed by atoms with van der Waals surface area (Å²) in [6.07, 6.45) is 2.74. The van der Waals surface area contributed by atoms with Crippen LogP contribution in [0.4, 0.5) is 0 Å². The predicted molar refractivity (Wildman–Crippen MR) is 117 cm³/mol. The molecule has 0 aromatic heterocycles. The van der Waals surface area contributed by atoms with Gasteiger partial charge < -0.3 is 14.2 Å². The van der Waals surface area contributed by atoms with E-state index in [1.165, 1.54) is 0 Å². The normalized spacial score (nSPS) is 15.4. The van der Waals surface area contributed by atoms with E-state index < -0.39 is 5.91 Å². The summed E-state index contributed by atoms with van der Waals surface area (Å²) in [5.41, 5.74) is 6.15. The number of carbonyl (C=O) groups is 2. The molecule has 1 atom stereocenters. The molecule has 2 aromatic carbocycles. The van der Waals surface area contributed by atoms with Crippen LogP contribution in [0.5, 0.6) is 11.5 Å². The van der Waals surface area contributed by atoms with Gasteiger partial charge in [-0.2, -0.15) is 0 Å². The molecule has 166 valence electrons. The topological polar surface area (TPSA) is 85.9 Å². The number of hydrogen-bond donors (Lipinski definition) is 2. The van der Waals surface area contributed by atoms with Crippen LogP contribution in [0.25, 0.3) is 0 Å². The van der Waals surface area contributed by atoms with E-state index in [1.54, 1.807) is 36.4 Å². The Kier molecular flexibility index (Phi) is 8.55. The highest BCUT2D eigenvalue weighted by atomic mass is 35.5. The Labute approximate surface area is 187 Å². The lowest BCUT2D eigenvalue weighted by Gasteiger charge is -2.15. The molecule has 0 saturated carbocycles. The molecule has 0 radical (unpaired) electrons. The number of carbonyl (C=O) groups excluding carboxylic acids is 2. The van der Waals surface area contributed by atoms with Crippen molar-refractivity contribution in [3.63, 3.8) is 0 Å². The molecule has 31 heavy (non-hydrogen) atoms. The third-order valence-electron chi connectivity index (χ3n) is 4.84. The summed E-state index contributed by atoms with van der Waals surface area (Å²) in [5, 5.41) is 0.652. The molecule has 2 amide bonds. The van der Waals surface area contributed by atoms with Crippen LogP contribution in [-0.4, -0.2) is 37.7 Å². The third kappa shape index (κ3) is 7.15. The predicted octanol–water partition coefficient (Wildman–Crippen LogP) is 3.83. The zero-order chi connectivity index (χ0) is 22.1. The minimum Gasteiger partial charge on any atom is -0.493 e. The summed E-state index contributed by atoms with van der Waals surface area (Å²) in [4.78, 5) is 24.5. The number of nitrogens with one attached hydrogen (secondary N) is 2. The van der Waals surface area contributed by atoms with Crippen molar-refractivity contribution in [2.75, 3.05) is 19.8 Å². The van der Waals surface area contributed by atoms with Crippen LogP contribution in [0.3, 0.4) is 0 Å². The van der Waals surface area contributed by atoms with Crippen molar-refractivity contribution in [3.05, 3.63) is 58.6 Å². The van der Waals surface area contributed by atoms with Gasteiger partial charge in [0, 0.05) is 18.1 Å². The second-order valence-corrected chi connectivity index (χ2v) is 7.74. The Morgan fingerprint density at radius 1 is 1.13 bits per heavy atom. The molecule has 1 aliphatic rings. The molecule has 1 unspecified atom stereocenters. The fraction of sp³-hybridized carbons (Fsp3) is 0.391. The van der Waals surface area contributed by atoms with E-state index in [0.717, 1.165) is 30.8 Å². The quantitative estimate of drug-likeness (QED) is 0.451. The Balaban J connectivity index is 1.39. The zero-order valence-corrected chi connectivity index (χ0v) is 18.2. The summed E-state index contributed by atoms with van der Waals surface area (Å²) in [6, 6.07) is 12.3. The molecule has 0 bridgehead atoms. The van der Waals surface area contributed by atoms with Gasteiger partial charge in [-0.3, -0.25) is 20.4 Å². The summed E-state index contributed by atoms with van der Waals surface area (Å²) in [5.74, 6) is 0.445. The molecule has 1 aliphatic heterocycles. The number of hydrogen-bond acceptors (Lipinski definition) is 5. The van der Waals surface area contributed by atoms with E-state index >= 15 is 0 Å². The largest absolute Gasteiger partial charge is 0.493 e. The number of amides is 2. The van der Waals surface area contributed by atoms with Crippen LogP contribution in [0.15, 0.2) is 42.5 Å². The average Bonchev–Trinajstić information content (AvgIpc) is 3.29. The number of ether oxygens (including phenoxy) is 3. The van der Waals surface area contributed by atoms with Crippen molar-refractivity contribution in [1.82, 2.24) is 10.9 Å². The van der Waals surface area contributed by atoms with E-state index in [4.69, 9.17) is 25.8 Å². The maximum atomic E-state index is 12.5. The molecule has 0 aliphatic carbocycles. The lowest BCUT2D eigenvalue weighted by molar-refractivity contribution is -0.122. The Hall–Kier alpha value is -2.77. The van der Waals surface area contributed by atoms with Crippen LogP contribution in [0.1, 0.15) is 41.6 Å². The SMILES string of the molecule is Cc1cc(Cl)ccc1OCCCC(=O)NNC(=O)c1ccccc1OCC1CCCO1. The van der Waals surface area contributed by atoms with Crippen LogP contribution < -0.4 is 20.3 Å². The smallest absolute Gasteiger partial charge is 0.273 e. The number of aryl methyl sites for hydroxylation is 1. The van der Waals surface area contributed by atoms with Gasteiger partial charge in [0.1, 0.15) is 18.1 Å². The van der Waals surface area contributed by atoms with Crippen molar-refractivity contribution in [3.8, 4) is 11.5 Å². The van der Waals surface area contributed by atoms with Crippen molar-refractivity contribution in [2.45, 2.75) is 38.7 Å². The van der Waals surface area contributed by atoms with Crippen LogP contribution in [0, 0.1) is 6.92 Å². The first-order valence-corrected chi connectivity index (χ1v) is 10.7. The number of hydrazine groups is 1. The Morgan fingerprint density at radius 2 is 1.97 bits per heavy atom. The van der Waals surface area contributed by atoms with E-state index in [9.17, 15) is 9.59 Å². The number of rotatable bonds is 9. The van der Waals surface area contributed by atoms with E-state index in [2.05, 4.69) is 10.9 Å². The fourth-order valence-electron chi connectivity index (χ4n) is 3.18. The zero-order valence-electron chi connectivity index (χ0n) is 17.5. The molecule has 1 heterocycles. The van der Waals surface area contributed by atoms with Crippen molar-refractivity contribution < 1.29 is 23.8 Å². The van der Waals surface area contributed by atoms with Crippen molar-refractivity contribution in [2.24, 2.45) is 0 Å². The summed E-state index contributed by atoms with van der Waals surface area (Å²) >= 11 is 5.92. The summed E-state index contributed by atoms with van der Waals surface area (Å²) in [6.45, 7) is 3.42. The molecule has 8 heteroatoms. The molecule has 7 nitrogen and oxygen atoms in total. The van der Waals surface area contributed by atoms with Crippen LogP contribution >= 0.6 is 11.6 Å². The minimum atomic E-state index is -0.440. The van der Waals surface area contributed by atoms with E-state index in [1.807, 2.05) is 13.0 Å². The number of para-hydroxylation sites is 1. The van der Waals surface area contributed by atoms with Crippen LogP contribution in [-0.2, 0) is 9.53 Å². The van der Waals surface area contributed by atoms with Gasteiger partial charge in [0.25, 0.3) is 5.91 Å². The summed E-state index contributed by atoms with van der Waals surface area (Å²) < 4.78 is 17.0. The lowest BCUT2D eigenvalue weighted by Crippen LogP contribution is -2.41. The molecular weight excluding hydrogens is 420 g/mol. The lowest BCUT2D eigenvalue weighted by atomic mass is 10.2. The molecule has 2 aromatic rings. The van der Waals surface area contributed by atoms with E-state index in [-0.39, 0.29) is 18.4 Å². The first-order valence-electron chi connectivity index (χ1n) is 10.3. The highest BCUT2D eigenvalue weighted by Gasteiger charge is 2.18. The van der Waals surface area contributed by atoms with Crippen molar-refractivity contribution in [1.29, 1.82) is 0 Å². The van der Waals surface area contributed by atoms with Gasteiger partial charge in [0.2, 0.25) is 5.91 Å². The average molecular weight is 447 g/mol. The van der Waals surface area contributed by atoms with Crippen LogP contribution in [0.2, 0.25) is 5.02 Å². The highest BCUT2D eigenvalue weighted by molar-refractivity contribution is 6.30. The van der Waals surface area contributed by atoms with E-state index in [0.29, 0.717) is 36.0 Å². The van der Waals surface area contributed by atoms with Gasteiger partial charge in [-0.05, 0) is 62.1 Å². The van der Waals surface area contributed by atoms with Gasteiger partial charge in [-0.1, -0.05) is 23.7 Å². The highest BCUT2D eigenvalue weighted by Crippen LogP contribution is 2.22. The molecule has 1 fully saturated rings. The van der Waals surface area contributed by atoms with Crippen molar-refractivity contribution >= 4 is 23.4 Å². The Bertz CT molecular complexity index is 899. The fourth-order valence-corrected chi connectivity index (χ4v) is 3.41. The number of halogens is 1. The van der Waals surface area contributed by atoms with Gasteiger partial charge in [-0.15, -0.1) is 0 Å². The Morgan fingerprint density at radius 3 is 2.74 bits per heavy atom. The van der Waals surface area contributed by atoms with Gasteiger partial charge in [0.15, 0.2) is 0 Å². The van der Waals surface area contributed by atoms with Gasteiger partial charge in [0.05, 0.1) is 18.3 Å². The molecule has 3 rings (SSSR count). The first kappa shape index (κ1) is 22.9. The number of benzene rings is 2. The molecule has 1 saturated heterocycles. The monoisotopic (exact) mass is 446 g/mol. The standard InChI is InChI=1S/C23H27ClN2O5/c1-16-14-17(24)10-11-20(16)30-13-5-9-22(27)25-26-23(28)19-7-2-3-8-21(19)31-15-18-6-4-12-29-18/h2-3,7-8,10-11,14,18H,4-6,9,12-13,15H2,1H3,(H,25,27)(H,26,28). The van der Waals surface area contributed by atoms with Gasteiger partial charge in [-0.25, -0.2) is 0 Å². The second-order valence-electron chi connectivity index (χ2n) is 7.31. The molecule has 2 N–H and O–H groups in total. The van der Waals surface area contributed by atoms with Gasteiger partial charge >= 0.3 is 0 Å². The maximum absolute atomic E-state index is 12.5. The maximum Gasteiger partial charge on any atom is 0.273 e. The molecule has 0 spiro atoms. The summed E-state index contributed by atoms with van der Waals surface area (Å²) in [7, 11) is 0.